The van der Waals surface area contributed by atoms with E-state index in [1.165, 1.54) is 18.2 Å². The molecule has 94 valence electrons. The van der Waals surface area contributed by atoms with Crippen LogP contribution in [0.4, 0.5) is 13.2 Å². The molecule has 1 unspecified atom stereocenters. The van der Waals surface area contributed by atoms with Gasteiger partial charge in [-0.1, -0.05) is 12.1 Å². The molecule has 1 N–H and O–H groups in total. The number of halogens is 3. The number of rotatable bonds is 2. The predicted molar refractivity (Wildman–Crippen MR) is 58.3 cm³/mol. The maximum Gasteiger partial charge on any atom is 0.248 e. The van der Waals surface area contributed by atoms with Gasteiger partial charge in [0, 0.05) is 12.8 Å². The largest absolute Gasteiger partial charge is 0.388 e. The van der Waals surface area contributed by atoms with Gasteiger partial charge < -0.3 is 5.11 Å². The van der Waals surface area contributed by atoms with Crippen LogP contribution in [0, 0.1) is 11.7 Å². The molecule has 0 radical (unpaired) electrons. The Morgan fingerprint density at radius 3 is 2.47 bits per heavy atom. The van der Waals surface area contributed by atoms with Crippen molar-refractivity contribution in [1.29, 1.82) is 0 Å². The van der Waals surface area contributed by atoms with E-state index in [4.69, 9.17) is 0 Å². The van der Waals surface area contributed by atoms with Gasteiger partial charge in [0.25, 0.3) is 0 Å². The number of benzene rings is 1. The van der Waals surface area contributed by atoms with E-state index in [1.807, 2.05) is 0 Å². The molecule has 1 aromatic carbocycles. The molecule has 0 heterocycles. The van der Waals surface area contributed by atoms with Gasteiger partial charge in [0.2, 0.25) is 5.92 Å². The monoisotopic (exact) mass is 244 g/mol. The SMILES string of the molecule is OC(c1cccc(F)c1)C1CCC(F)(F)CC1. The smallest absolute Gasteiger partial charge is 0.248 e. The molecule has 1 nitrogen and oxygen atoms in total. The zero-order valence-electron chi connectivity index (χ0n) is 9.37. The molecule has 1 saturated carbocycles. The lowest BCUT2D eigenvalue weighted by Crippen LogP contribution is -2.27. The highest BCUT2D eigenvalue weighted by molar-refractivity contribution is 5.19. The average Bonchev–Trinajstić information content (AvgIpc) is 2.28. The summed E-state index contributed by atoms with van der Waals surface area (Å²) in [7, 11) is 0. The van der Waals surface area contributed by atoms with Crippen LogP contribution >= 0.6 is 0 Å². The summed E-state index contributed by atoms with van der Waals surface area (Å²) in [6, 6.07) is 5.70. The highest BCUT2D eigenvalue weighted by Crippen LogP contribution is 2.41. The van der Waals surface area contributed by atoms with E-state index in [2.05, 4.69) is 0 Å². The Morgan fingerprint density at radius 2 is 1.88 bits per heavy atom. The number of aliphatic hydroxyl groups is 1. The van der Waals surface area contributed by atoms with E-state index in [0.717, 1.165) is 0 Å². The number of hydrogen-bond donors (Lipinski definition) is 1. The fourth-order valence-electron chi connectivity index (χ4n) is 2.34. The average molecular weight is 244 g/mol. The number of aliphatic hydroxyl groups excluding tert-OH is 1. The van der Waals surface area contributed by atoms with E-state index in [0.29, 0.717) is 5.56 Å². The maximum atomic E-state index is 13.0. The zero-order chi connectivity index (χ0) is 12.5. The third-order valence-electron chi connectivity index (χ3n) is 3.40. The minimum Gasteiger partial charge on any atom is -0.388 e. The summed E-state index contributed by atoms with van der Waals surface area (Å²) < 4.78 is 38.9. The first-order chi connectivity index (χ1) is 7.98. The van der Waals surface area contributed by atoms with Gasteiger partial charge in [-0.3, -0.25) is 0 Å². The first-order valence-electron chi connectivity index (χ1n) is 5.79. The minimum absolute atomic E-state index is 0.190. The third kappa shape index (κ3) is 3.00. The summed E-state index contributed by atoms with van der Waals surface area (Å²) in [5, 5.41) is 10.0. The van der Waals surface area contributed by atoms with Crippen LogP contribution in [0.15, 0.2) is 24.3 Å². The van der Waals surface area contributed by atoms with Crippen molar-refractivity contribution >= 4 is 0 Å². The number of hydrogen-bond acceptors (Lipinski definition) is 1. The van der Waals surface area contributed by atoms with Crippen molar-refractivity contribution in [2.24, 2.45) is 5.92 Å². The fraction of sp³-hybridized carbons (Fsp3) is 0.538. The van der Waals surface area contributed by atoms with Crippen LogP contribution < -0.4 is 0 Å². The molecule has 1 aromatic rings. The van der Waals surface area contributed by atoms with Crippen LogP contribution in [-0.2, 0) is 0 Å². The van der Waals surface area contributed by atoms with Crippen LogP contribution in [0.25, 0.3) is 0 Å². The van der Waals surface area contributed by atoms with Crippen molar-refractivity contribution in [3.63, 3.8) is 0 Å². The van der Waals surface area contributed by atoms with E-state index < -0.39 is 17.8 Å². The lowest BCUT2D eigenvalue weighted by atomic mass is 9.81. The molecular formula is C13H15F3O. The molecule has 17 heavy (non-hydrogen) atoms. The first-order valence-corrected chi connectivity index (χ1v) is 5.79. The topological polar surface area (TPSA) is 20.2 Å². The normalized spacial score (nSPS) is 22.4. The van der Waals surface area contributed by atoms with Crippen LogP contribution in [0.1, 0.15) is 37.4 Å². The van der Waals surface area contributed by atoms with Gasteiger partial charge in [-0.05, 0) is 36.5 Å². The summed E-state index contributed by atoms with van der Waals surface area (Å²) in [5.74, 6) is -3.21. The van der Waals surface area contributed by atoms with Crippen molar-refractivity contribution < 1.29 is 18.3 Å². The third-order valence-corrected chi connectivity index (χ3v) is 3.40. The van der Waals surface area contributed by atoms with Crippen molar-refractivity contribution in [2.45, 2.75) is 37.7 Å². The van der Waals surface area contributed by atoms with Crippen LogP contribution in [0.2, 0.25) is 0 Å². The molecule has 1 atom stereocenters. The summed E-state index contributed by atoms with van der Waals surface area (Å²) in [6.07, 6.45) is -0.662. The van der Waals surface area contributed by atoms with Gasteiger partial charge in [0.15, 0.2) is 0 Å². The Hall–Kier alpha value is -1.03. The van der Waals surface area contributed by atoms with E-state index in [-0.39, 0.29) is 31.6 Å². The van der Waals surface area contributed by atoms with Crippen molar-refractivity contribution in [2.75, 3.05) is 0 Å². The Morgan fingerprint density at radius 1 is 1.24 bits per heavy atom. The highest BCUT2D eigenvalue weighted by Gasteiger charge is 2.37. The molecule has 0 aromatic heterocycles. The second-order valence-corrected chi connectivity index (χ2v) is 4.69. The van der Waals surface area contributed by atoms with E-state index in [1.54, 1.807) is 6.07 Å². The second kappa shape index (κ2) is 4.69. The zero-order valence-corrected chi connectivity index (χ0v) is 9.37. The van der Waals surface area contributed by atoms with Crippen molar-refractivity contribution in [1.82, 2.24) is 0 Å². The Bertz CT molecular complexity index is 382. The minimum atomic E-state index is -2.60. The molecule has 1 fully saturated rings. The molecule has 2 rings (SSSR count). The number of alkyl halides is 2. The molecule has 1 aliphatic carbocycles. The molecule has 0 aliphatic heterocycles. The lowest BCUT2D eigenvalue weighted by molar-refractivity contribution is -0.0627. The first kappa shape index (κ1) is 12.4. The van der Waals surface area contributed by atoms with Crippen molar-refractivity contribution in [3.8, 4) is 0 Å². The Labute approximate surface area is 98.3 Å². The van der Waals surface area contributed by atoms with Gasteiger partial charge in [0.1, 0.15) is 5.82 Å². The molecule has 0 saturated heterocycles. The van der Waals surface area contributed by atoms with E-state index >= 15 is 0 Å². The standard InChI is InChI=1S/C13H15F3O/c14-11-3-1-2-10(8-11)12(17)9-4-6-13(15,16)7-5-9/h1-3,8-9,12,17H,4-7H2. The van der Waals surface area contributed by atoms with Gasteiger partial charge in [-0.25, -0.2) is 13.2 Å². The quantitative estimate of drug-likeness (QED) is 0.841. The summed E-state index contributed by atoms with van der Waals surface area (Å²) in [4.78, 5) is 0. The van der Waals surface area contributed by atoms with E-state index in [9.17, 15) is 18.3 Å². The summed E-state index contributed by atoms with van der Waals surface area (Å²) in [6.45, 7) is 0. The molecule has 4 heteroatoms. The molecule has 0 amide bonds. The Kier molecular flexibility index (Phi) is 3.43. The summed E-state index contributed by atoms with van der Waals surface area (Å²) >= 11 is 0. The Balaban J connectivity index is 2.04. The maximum absolute atomic E-state index is 13.0. The van der Waals surface area contributed by atoms with Crippen LogP contribution in [0.5, 0.6) is 0 Å². The van der Waals surface area contributed by atoms with Crippen molar-refractivity contribution in [3.05, 3.63) is 35.6 Å². The highest BCUT2D eigenvalue weighted by atomic mass is 19.3. The molecule has 1 aliphatic rings. The van der Waals surface area contributed by atoms with Gasteiger partial charge in [0.05, 0.1) is 6.10 Å². The fourth-order valence-corrected chi connectivity index (χ4v) is 2.34. The van der Waals surface area contributed by atoms with Gasteiger partial charge in [-0.2, -0.15) is 0 Å². The molecule has 0 bridgehead atoms. The lowest BCUT2D eigenvalue weighted by Gasteiger charge is -2.31. The molecule has 0 spiro atoms. The molecular weight excluding hydrogens is 229 g/mol. The second-order valence-electron chi connectivity index (χ2n) is 4.69. The van der Waals surface area contributed by atoms with Crippen LogP contribution in [-0.4, -0.2) is 11.0 Å². The predicted octanol–water partition coefficient (Wildman–Crippen LogP) is 3.68. The van der Waals surface area contributed by atoms with Gasteiger partial charge >= 0.3 is 0 Å². The summed E-state index contributed by atoms with van der Waals surface area (Å²) in [5.41, 5.74) is 0.472. The van der Waals surface area contributed by atoms with Gasteiger partial charge in [-0.15, -0.1) is 0 Å². The van der Waals surface area contributed by atoms with Crippen LogP contribution in [0.3, 0.4) is 0 Å².